The van der Waals surface area contributed by atoms with Gasteiger partial charge in [-0.05, 0) is 37.1 Å². The van der Waals surface area contributed by atoms with Crippen LogP contribution in [0.3, 0.4) is 0 Å². The van der Waals surface area contributed by atoms with E-state index in [0.29, 0.717) is 23.2 Å². The van der Waals surface area contributed by atoms with Gasteiger partial charge < -0.3 is 5.73 Å². The van der Waals surface area contributed by atoms with Gasteiger partial charge in [-0.1, -0.05) is 6.07 Å². The van der Waals surface area contributed by atoms with Crippen LogP contribution in [0.4, 0.5) is 0 Å². The molecule has 1 fully saturated rings. The largest absolute Gasteiger partial charge is 0.328 e. The minimum absolute atomic E-state index is 0.154. The molecule has 0 aliphatic carbocycles. The van der Waals surface area contributed by atoms with Crippen molar-refractivity contribution in [3.8, 4) is 0 Å². The van der Waals surface area contributed by atoms with Gasteiger partial charge in [-0.15, -0.1) is 11.3 Å². The molecule has 0 radical (unpaired) electrons. The first-order valence-electron chi connectivity index (χ1n) is 5.81. The highest BCUT2D eigenvalue weighted by molar-refractivity contribution is 7.91. The second kappa shape index (κ2) is 5.06. The van der Waals surface area contributed by atoms with E-state index in [-0.39, 0.29) is 6.04 Å². The van der Waals surface area contributed by atoms with E-state index in [4.69, 9.17) is 5.73 Å². The molecule has 1 aliphatic rings. The molecule has 1 aliphatic heterocycles. The van der Waals surface area contributed by atoms with Crippen molar-refractivity contribution in [1.82, 2.24) is 4.31 Å². The molecule has 0 amide bonds. The Morgan fingerprint density at radius 3 is 2.59 bits per heavy atom. The highest BCUT2D eigenvalue weighted by atomic mass is 32.2. The lowest BCUT2D eigenvalue weighted by Gasteiger charge is -2.32. The van der Waals surface area contributed by atoms with Crippen molar-refractivity contribution in [2.75, 3.05) is 13.1 Å². The Hall–Kier alpha value is -0.430. The third-order valence-electron chi connectivity index (χ3n) is 3.33. The maximum atomic E-state index is 12.2. The fourth-order valence-corrected chi connectivity index (χ4v) is 4.79. The second-order valence-electron chi connectivity index (χ2n) is 4.53. The van der Waals surface area contributed by atoms with Crippen molar-refractivity contribution >= 4 is 21.4 Å². The van der Waals surface area contributed by atoms with E-state index in [9.17, 15) is 8.42 Å². The minimum Gasteiger partial charge on any atom is -0.328 e. The van der Waals surface area contributed by atoms with E-state index in [1.54, 1.807) is 21.8 Å². The molecular formula is C11H18N2O2S2. The predicted octanol–water partition coefficient (Wildman–Crippen LogP) is 1.50. The maximum Gasteiger partial charge on any atom is 0.252 e. The number of hydrogen-bond donors (Lipinski definition) is 1. The average Bonchev–Trinajstić information content (AvgIpc) is 2.83. The fourth-order valence-electron chi connectivity index (χ4n) is 2.18. The van der Waals surface area contributed by atoms with Crippen LogP contribution in [-0.2, 0) is 10.0 Å². The van der Waals surface area contributed by atoms with Crippen molar-refractivity contribution in [2.24, 2.45) is 11.7 Å². The van der Waals surface area contributed by atoms with Crippen LogP contribution >= 0.6 is 11.3 Å². The first-order valence-corrected chi connectivity index (χ1v) is 8.13. The number of nitrogens with two attached hydrogens (primary N) is 1. The van der Waals surface area contributed by atoms with E-state index in [2.05, 4.69) is 0 Å². The highest BCUT2D eigenvalue weighted by Gasteiger charge is 2.30. The van der Waals surface area contributed by atoms with Crippen LogP contribution in [0.1, 0.15) is 19.8 Å². The van der Waals surface area contributed by atoms with Crippen LogP contribution in [-0.4, -0.2) is 31.9 Å². The Morgan fingerprint density at radius 2 is 2.12 bits per heavy atom. The highest BCUT2D eigenvalue weighted by Crippen LogP contribution is 2.27. The van der Waals surface area contributed by atoms with Gasteiger partial charge >= 0.3 is 0 Å². The van der Waals surface area contributed by atoms with E-state index in [0.717, 1.165) is 12.8 Å². The quantitative estimate of drug-likeness (QED) is 0.908. The Balaban J connectivity index is 2.07. The smallest absolute Gasteiger partial charge is 0.252 e. The molecule has 2 N–H and O–H groups in total. The molecule has 1 atom stereocenters. The van der Waals surface area contributed by atoms with E-state index in [1.165, 1.54) is 11.3 Å². The van der Waals surface area contributed by atoms with E-state index < -0.39 is 10.0 Å². The first kappa shape index (κ1) is 13.0. The molecule has 2 rings (SSSR count). The summed E-state index contributed by atoms with van der Waals surface area (Å²) in [5, 5.41) is 1.79. The summed E-state index contributed by atoms with van der Waals surface area (Å²) < 4.78 is 26.5. The minimum atomic E-state index is -3.26. The lowest BCUT2D eigenvalue weighted by Crippen LogP contribution is -2.42. The summed E-state index contributed by atoms with van der Waals surface area (Å²) in [6, 6.07) is 3.59. The zero-order chi connectivity index (χ0) is 12.5. The SMILES string of the molecule is CC(N)C1CCN(S(=O)(=O)c2cccs2)CC1. The third-order valence-corrected chi connectivity index (χ3v) is 6.60. The van der Waals surface area contributed by atoms with E-state index >= 15 is 0 Å². The number of piperidine rings is 1. The summed E-state index contributed by atoms with van der Waals surface area (Å²) in [5.74, 6) is 0.449. The molecule has 0 bridgehead atoms. The average molecular weight is 274 g/mol. The molecule has 17 heavy (non-hydrogen) atoms. The molecule has 4 nitrogen and oxygen atoms in total. The fraction of sp³-hybridized carbons (Fsp3) is 0.636. The summed E-state index contributed by atoms with van der Waals surface area (Å²) in [6.07, 6.45) is 1.73. The molecule has 1 aromatic rings. The number of thiophene rings is 1. The monoisotopic (exact) mass is 274 g/mol. The summed E-state index contributed by atoms with van der Waals surface area (Å²) in [6.45, 7) is 3.17. The number of sulfonamides is 1. The number of rotatable bonds is 3. The maximum absolute atomic E-state index is 12.2. The number of nitrogens with zero attached hydrogens (tertiary/aromatic N) is 1. The molecule has 1 saturated heterocycles. The summed E-state index contributed by atoms with van der Waals surface area (Å²) in [7, 11) is -3.26. The topological polar surface area (TPSA) is 63.4 Å². The summed E-state index contributed by atoms with van der Waals surface area (Å²) in [5.41, 5.74) is 5.85. The molecule has 1 unspecified atom stereocenters. The zero-order valence-corrected chi connectivity index (χ0v) is 11.5. The Bertz CT molecular complexity index is 446. The van der Waals surface area contributed by atoms with Crippen molar-refractivity contribution in [3.05, 3.63) is 17.5 Å². The predicted molar refractivity (Wildman–Crippen MR) is 69.5 cm³/mol. The van der Waals surface area contributed by atoms with Gasteiger partial charge in [0.2, 0.25) is 0 Å². The Kier molecular flexibility index (Phi) is 3.87. The Morgan fingerprint density at radius 1 is 1.47 bits per heavy atom. The van der Waals surface area contributed by atoms with Crippen LogP contribution in [0.25, 0.3) is 0 Å². The molecule has 96 valence electrons. The van der Waals surface area contributed by atoms with Gasteiger partial charge in [0.1, 0.15) is 4.21 Å². The molecule has 0 aromatic carbocycles. The van der Waals surface area contributed by atoms with Crippen molar-refractivity contribution in [1.29, 1.82) is 0 Å². The van der Waals surface area contributed by atoms with Gasteiger partial charge in [0.05, 0.1) is 0 Å². The lowest BCUT2D eigenvalue weighted by atomic mass is 9.92. The van der Waals surface area contributed by atoms with Crippen molar-refractivity contribution in [2.45, 2.75) is 30.0 Å². The van der Waals surface area contributed by atoms with Gasteiger partial charge in [0.15, 0.2) is 0 Å². The number of hydrogen-bond acceptors (Lipinski definition) is 4. The van der Waals surface area contributed by atoms with Crippen LogP contribution < -0.4 is 5.73 Å². The van der Waals surface area contributed by atoms with Crippen LogP contribution in [0, 0.1) is 5.92 Å². The van der Waals surface area contributed by atoms with Gasteiger partial charge in [-0.25, -0.2) is 8.42 Å². The van der Waals surface area contributed by atoms with E-state index in [1.807, 2.05) is 6.92 Å². The summed E-state index contributed by atoms with van der Waals surface area (Å²) in [4.78, 5) is 0. The first-order chi connectivity index (χ1) is 8.01. The lowest BCUT2D eigenvalue weighted by molar-refractivity contribution is 0.251. The van der Waals surface area contributed by atoms with Crippen LogP contribution in [0.15, 0.2) is 21.7 Å². The molecule has 0 spiro atoms. The molecule has 0 saturated carbocycles. The molecular weight excluding hydrogens is 256 g/mol. The normalized spacial score (nSPS) is 21.5. The standard InChI is InChI=1S/C11H18N2O2S2/c1-9(12)10-4-6-13(7-5-10)17(14,15)11-3-2-8-16-11/h2-3,8-10H,4-7,12H2,1H3. The molecule has 1 aromatic heterocycles. The Labute approximate surface area is 106 Å². The molecule has 6 heteroatoms. The van der Waals surface area contributed by atoms with Crippen molar-refractivity contribution in [3.63, 3.8) is 0 Å². The third kappa shape index (κ3) is 2.70. The molecule has 2 heterocycles. The van der Waals surface area contributed by atoms with Gasteiger partial charge in [0.25, 0.3) is 10.0 Å². The van der Waals surface area contributed by atoms with Crippen LogP contribution in [0.5, 0.6) is 0 Å². The van der Waals surface area contributed by atoms with Crippen LogP contribution in [0.2, 0.25) is 0 Å². The van der Waals surface area contributed by atoms with Crippen molar-refractivity contribution < 1.29 is 8.42 Å². The second-order valence-corrected chi connectivity index (χ2v) is 7.65. The summed E-state index contributed by atoms with van der Waals surface area (Å²) >= 11 is 1.28. The zero-order valence-electron chi connectivity index (χ0n) is 9.87. The van der Waals surface area contributed by atoms with Gasteiger partial charge in [0, 0.05) is 19.1 Å². The van der Waals surface area contributed by atoms with Gasteiger partial charge in [-0.3, -0.25) is 0 Å². The van der Waals surface area contributed by atoms with Gasteiger partial charge in [-0.2, -0.15) is 4.31 Å².